The molecule has 120 valence electrons. The van der Waals surface area contributed by atoms with Crippen LogP contribution in [0.5, 0.6) is 0 Å². The van der Waals surface area contributed by atoms with E-state index in [9.17, 15) is 9.59 Å². The molecule has 0 radical (unpaired) electrons. The molecule has 0 saturated carbocycles. The van der Waals surface area contributed by atoms with Crippen LogP contribution < -0.4 is 4.90 Å². The van der Waals surface area contributed by atoms with Crippen LogP contribution in [-0.2, 0) is 4.79 Å². The Balaban J connectivity index is 2.09. The van der Waals surface area contributed by atoms with Crippen molar-refractivity contribution in [2.75, 3.05) is 31.1 Å². The number of nitrogens with zero attached hydrogens (tertiary/aromatic N) is 2. The molecule has 1 aromatic carbocycles. The average Bonchev–Trinajstić information content (AvgIpc) is 2.90. The van der Waals surface area contributed by atoms with Crippen molar-refractivity contribution in [1.82, 2.24) is 4.90 Å². The predicted octanol–water partition coefficient (Wildman–Crippen LogP) is 2.33. The Morgan fingerprint density at radius 1 is 1.18 bits per heavy atom. The second kappa shape index (κ2) is 6.81. The zero-order valence-electron chi connectivity index (χ0n) is 13.5. The van der Waals surface area contributed by atoms with E-state index < -0.39 is 11.9 Å². The highest BCUT2D eigenvalue weighted by Crippen LogP contribution is 2.25. The Hall–Kier alpha value is -2.04. The first-order valence-electron chi connectivity index (χ1n) is 7.85. The van der Waals surface area contributed by atoms with E-state index in [1.807, 2.05) is 31.2 Å². The zero-order valence-corrected chi connectivity index (χ0v) is 13.5. The van der Waals surface area contributed by atoms with Gasteiger partial charge in [0.2, 0.25) is 0 Å². The smallest absolute Gasteiger partial charge is 0.308 e. The van der Waals surface area contributed by atoms with Crippen LogP contribution in [0.3, 0.4) is 0 Å². The first kappa shape index (κ1) is 16.3. The molecule has 2 atom stereocenters. The lowest BCUT2D eigenvalue weighted by atomic mass is 9.99. The number of likely N-dealkylation sites (tertiary alicyclic amines) is 1. The number of rotatable bonds is 5. The lowest BCUT2D eigenvalue weighted by molar-refractivity contribution is -0.142. The van der Waals surface area contributed by atoms with Crippen LogP contribution in [0.1, 0.15) is 31.1 Å². The van der Waals surface area contributed by atoms with Crippen molar-refractivity contribution in [2.24, 2.45) is 11.8 Å². The van der Waals surface area contributed by atoms with E-state index in [-0.39, 0.29) is 11.8 Å². The molecular formula is C17H24N2O3. The van der Waals surface area contributed by atoms with Gasteiger partial charge in [0.25, 0.3) is 5.91 Å². The third-order valence-corrected chi connectivity index (χ3v) is 4.46. The standard InChI is InChI=1S/C17H24N2O3/c1-4-18(5-2)14-8-6-13(7-9-14)16(20)19-10-12(3)15(11-19)17(21)22/h6-9,12,15H,4-5,10-11H2,1-3H3,(H,21,22)/t12-,15-/m1/s1. The zero-order chi connectivity index (χ0) is 16.3. The van der Waals surface area contributed by atoms with Gasteiger partial charge in [0, 0.05) is 37.4 Å². The van der Waals surface area contributed by atoms with Crippen LogP contribution in [0.15, 0.2) is 24.3 Å². The van der Waals surface area contributed by atoms with Crippen molar-refractivity contribution in [3.05, 3.63) is 29.8 Å². The molecular weight excluding hydrogens is 280 g/mol. The third kappa shape index (κ3) is 3.24. The molecule has 1 aliphatic heterocycles. The summed E-state index contributed by atoms with van der Waals surface area (Å²) in [6.45, 7) is 8.73. The molecule has 1 heterocycles. The van der Waals surface area contributed by atoms with E-state index in [1.54, 1.807) is 4.90 Å². The van der Waals surface area contributed by atoms with Crippen molar-refractivity contribution in [1.29, 1.82) is 0 Å². The summed E-state index contributed by atoms with van der Waals surface area (Å²) in [5.74, 6) is -1.36. The monoisotopic (exact) mass is 304 g/mol. The Bertz CT molecular complexity index is 537. The van der Waals surface area contributed by atoms with E-state index in [1.165, 1.54) is 0 Å². The summed E-state index contributed by atoms with van der Waals surface area (Å²) in [6.07, 6.45) is 0. The van der Waals surface area contributed by atoms with E-state index in [0.717, 1.165) is 18.8 Å². The first-order chi connectivity index (χ1) is 10.5. The summed E-state index contributed by atoms with van der Waals surface area (Å²) < 4.78 is 0. The number of carboxylic acids is 1. The number of hydrogen-bond acceptors (Lipinski definition) is 3. The van der Waals surface area contributed by atoms with Gasteiger partial charge in [-0.3, -0.25) is 9.59 Å². The van der Waals surface area contributed by atoms with Crippen LogP contribution in [0, 0.1) is 11.8 Å². The van der Waals surface area contributed by atoms with Crippen LogP contribution in [0.4, 0.5) is 5.69 Å². The number of benzene rings is 1. The van der Waals surface area contributed by atoms with Gasteiger partial charge in [-0.05, 0) is 44.0 Å². The Morgan fingerprint density at radius 2 is 1.77 bits per heavy atom. The normalized spacial score (nSPS) is 21.0. The van der Waals surface area contributed by atoms with Gasteiger partial charge in [0.1, 0.15) is 0 Å². The molecule has 1 amide bonds. The van der Waals surface area contributed by atoms with E-state index in [2.05, 4.69) is 18.7 Å². The van der Waals surface area contributed by atoms with Crippen LogP contribution in [0.2, 0.25) is 0 Å². The van der Waals surface area contributed by atoms with Gasteiger partial charge in [-0.1, -0.05) is 6.92 Å². The van der Waals surface area contributed by atoms with Crippen molar-refractivity contribution >= 4 is 17.6 Å². The molecule has 1 fully saturated rings. The van der Waals surface area contributed by atoms with Crippen LogP contribution in [0.25, 0.3) is 0 Å². The van der Waals surface area contributed by atoms with Crippen molar-refractivity contribution in [3.63, 3.8) is 0 Å². The highest BCUT2D eigenvalue weighted by atomic mass is 16.4. The summed E-state index contributed by atoms with van der Waals surface area (Å²) in [5.41, 5.74) is 1.72. The molecule has 2 rings (SSSR count). The Labute approximate surface area is 131 Å². The molecule has 1 N–H and O–H groups in total. The second-order valence-electron chi connectivity index (χ2n) is 5.85. The Kier molecular flexibility index (Phi) is 5.06. The van der Waals surface area contributed by atoms with Gasteiger partial charge in [-0.2, -0.15) is 0 Å². The summed E-state index contributed by atoms with van der Waals surface area (Å²) in [4.78, 5) is 27.5. The molecule has 0 aliphatic carbocycles. The summed E-state index contributed by atoms with van der Waals surface area (Å²) in [5, 5.41) is 9.16. The predicted molar refractivity (Wildman–Crippen MR) is 86.2 cm³/mol. The summed E-state index contributed by atoms with van der Waals surface area (Å²) >= 11 is 0. The molecule has 0 spiro atoms. The van der Waals surface area contributed by atoms with Crippen molar-refractivity contribution in [3.8, 4) is 0 Å². The van der Waals surface area contributed by atoms with E-state index >= 15 is 0 Å². The van der Waals surface area contributed by atoms with Gasteiger partial charge >= 0.3 is 5.97 Å². The number of carbonyl (C=O) groups is 2. The molecule has 0 unspecified atom stereocenters. The third-order valence-electron chi connectivity index (χ3n) is 4.46. The number of anilines is 1. The largest absolute Gasteiger partial charge is 0.481 e. The number of carbonyl (C=O) groups excluding carboxylic acids is 1. The maximum absolute atomic E-state index is 12.5. The van der Waals surface area contributed by atoms with Crippen LogP contribution in [-0.4, -0.2) is 48.1 Å². The first-order valence-corrected chi connectivity index (χ1v) is 7.85. The molecule has 5 nitrogen and oxygen atoms in total. The Morgan fingerprint density at radius 3 is 2.23 bits per heavy atom. The number of aliphatic carboxylic acids is 1. The van der Waals surface area contributed by atoms with Gasteiger partial charge in [0.05, 0.1) is 5.92 Å². The highest BCUT2D eigenvalue weighted by Gasteiger charge is 2.37. The lowest BCUT2D eigenvalue weighted by Gasteiger charge is -2.21. The van der Waals surface area contributed by atoms with Gasteiger partial charge in [0.15, 0.2) is 0 Å². The molecule has 0 aromatic heterocycles. The minimum absolute atomic E-state index is 0.00334. The average molecular weight is 304 g/mol. The van der Waals surface area contributed by atoms with Gasteiger partial charge in [-0.15, -0.1) is 0 Å². The summed E-state index contributed by atoms with van der Waals surface area (Å²) in [7, 11) is 0. The minimum atomic E-state index is -0.820. The minimum Gasteiger partial charge on any atom is -0.481 e. The fourth-order valence-corrected chi connectivity index (χ4v) is 3.04. The highest BCUT2D eigenvalue weighted by molar-refractivity contribution is 5.95. The number of carboxylic acid groups (broad SMARTS) is 1. The second-order valence-corrected chi connectivity index (χ2v) is 5.85. The molecule has 0 bridgehead atoms. The van der Waals surface area contributed by atoms with Gasteiger partial charge < -0.3 is 14.9 Å². The molecule has 5 heteroatoms. The van der Waals surface area contributed by atoms with Crippen LogP contribution >= 0.6 is 0 Å². The van der Waals surface area contributed by atoms with Crippen molar-refractivity contribution in [2.45, 2.75) is 20.8 Å². The quantitative estimate of drug-likeness (QED) is 0.907. The molecule has 22 heavy (non-hydrogen) atoms. The topological polar surface area (TPSA) is 60.9 Å². The number of hydrogen-bond donors (Lipinski definition) is 1. The van der Waals surface area contributed by atoms with Gasteiger partial charge in [-0.25, -0.2) is 0 Å². The molecule has 1 aromatic rings. The molecule has 1 aliphatic rings. The lowest BCUT2D eigenvalue weighted by Crippen LogP contribution is -2.30. The fraction of sp³-hybridized carbons (Fsp3) is 0.529. The number of amides is 1. The molecule has 1 saturated heterocycles. The van der Waals surface area contributed by atoms with E-state index in [0.29, 0.717) is 18.7 Å². The maximum Gasteiger partial charge on any atom is 0.308 e. The maximum atomic E-state index is 12.5. The van der Waals surface area contributed by atoms with Crippen molar-refractivity contribution < 1.29 is 14.7 Å². The summed E-state index contributed by atoms with van der Waals surface area (Å²) in [6, 6.07) is 7.56. The van der Waals surface area contributed by atoms with E-state index in [4.69, 9.17) is 5.11 Å². The fourth-order valence-electron chi connectivity index (χ4n) is 3.04. The SMILES string of the molecule is CCN(CC)c1ccc(C(=O)N2C[C@@H](C)[C@H](C(=O)O)C2)cc1.